The number of hydrogen-bond donors (Lipinski definition) is 2. The average Bonchev–Trinajstić information content (AvgIpc) is 2.73. The second kappa shape index (κ2) is 4.31. The lowest BCUT2D eigenvalue weighted by molar-refractivity contribution is 0.633. The summed E-state index contributed by atoms with van der Waals surface area (Å²) in [6.45, 7) is 0.664. The van der Waals surface area contributed by atoms with Crippen LogP contribution in [0.15, 0.2) is 35.0 Å². The second-order valence-electron chi connectivity index (χ2n) is 3.19. The van der Waals surface area contributed by atoms with E-state index in [0.717, 1.165) is 0 Å². The zero-order valence-corrected chi connectivity index (χ0v) is 8.85. The lowest BCUT2D eigenvalue weighted by atomic mass is 10.2. The number of nitrogen functional groups attached to an aromatic ring is 1. The number of nitrogens with two attached hydrogens (primary N) is 1. The van der Waals surface area contributed by atoms with Gasteiger partial charge >= 0.3 is 0 Å². The molecule has 3 N–H and O–H groups in total. The zero-order chi connectivity index (χ0) is 10.7. The maximum Gasteiger partial charge on any atom is 0.148 e. The van der Waals surface area contributed by atoms with Crippen LogP contribution in [0, 0.1) is 5.82 Å². The van der Waals surface area contributed by atoms with Gasteiger partial charge in [-0.05, 0) is 34.5 Å². The van der Waals surface area contributed by atoms with Crippen molar-refractivity contribution in [2.45, 2.75) is 6.54 Å². The molecular formula is C11H11FN2S. The number of rotatable bonds is 3. The van der Waals surface area contributed by atoms with Crippen LogP contribution in [-0.2, 0) is 6.54 Å². The van der Waals surface area contributed by atoms with Crippen molar-refractivity contribution in [1.82, 2.24) is 0 Å². The lowest BCUT2D eigenvalue weighted by Gasteiger charge is -2.08. The molecule has 0 spiro atoms. The molecule has 1 aromatic carbocycles. The predicted octanol–water partition coefficient (Wildman–Crippen LogP) is 3.08. The number of thiophene rings is 1. The monoisotopic (exact) mass is 222 g/mol. The van der Waals surface area contributed by atoms with Gasteiger partial charge in [-0.2, -0.15) is 11.3 Å². The van der Waals surface area contributed by atoms with E-state index >= 15 is 0 Å². The number of benzene rings is 1. The molecule has 0 atom stereocenters. The van der Waals surface area contributed by atoms with Crippen LogP contribution in [0.5, 0.6) is 0 Å². The van der Waals surface area contributed by atoms with Crippen LogP contribution in [-0.4, -0.2) is 0 Å². The van der Waals surface area contributed by atoms with Gasteiger partial charge in [0.15, 0.2) is 0 Å². The van der Waals surface area contributed by atoms with Gasteiger partial charge in [-0.3, -0.25) is 0 Å². The Morgan fingerprint density at radius 3 is 2.93 bits per heavy atom. The van der Waals surface area contributed by atoms with Crippen LogP contribution in [0.3, 0.4) is 0 Å². The minimum Gasteiger partial charge on any atom is -0.395 e. The first-order valence-corrected chi connectivity index (χ1v) is 5.50. The summed E-state index contributed by atoms with van der Waals surface area (Å²) in [5.41, 5.74) is 7.57. The van der Waals surface area contributed by atoms with E-state index in [1.165, 1.54) is 11.6 Å². The summed E-state index contributed by atoms with van der Waals surface area (Å²) in [6, 6.07) is 6.78. The highest BCUT2D eigenvalue weighted by Crippen LogP contribution is 2.21. The molecule has 78 valence electrons. The molecule has 0 bridgehead atoms. The summed E-state index contributed by atoms with van der Waals surface area (Å²) in [6.07, 6.45) is 0. The predicted molar refractivity (Wildman–Crippen MR) is 62.5 cm³/mol. The van der Waals surface area contributed by atoms with Crippen LogP contribution in [0.1, 0.15) is 5.56 Å². The fourth-order valence-corrected chi connectivity index (χ4v) is 1.95. The molecule has 0 amide bonds. The first kappa shape index (κ1) is 9.98. The topological polar surface area (TPSA) is 38.0 Å². The highest BCUT2D eigenvalue weighted by atomic mass is 32.1. The highest BCUT2D eigenvalue weighted by molar-refractivity contribution is 7.07. The van der Waals surface area contributed by atoms with Crippen LogP contribution < -0.4 is 11.1 Å². The van der Waals surface area contributed by atoms with Gasteiger partial charge in [-0.25, -0.2) is 4.39 Å². The Morgan fingerprint density at radius 2 is 2.20 bits per heavy atom. The minimum atomic E-state index is -0.384. The SMILES string of the molecule is Nc1c(F)cccc1NCc1ccsc1. The number of nitrogens with one attached hydrogen (secondary N) is 1. The van der Waals surface area contributed by atoms with Crippen molar-refractivity contribution in [2.75, 3.05) is 11.1 Å². The molecule has 2 aromatic rings. The van der Waals surface area contributed by atoms with E-state index in [4.69, 9.17) is 5.73 Å². The van der Waals surface area contributed by atoms with E-state index in [9.17, 15) is 4.39 Å². The third-order valence-electron chi connectivity index (χ3n) is 2.12. The van der Waals surface area contributed by atoms with Crippen LogP contribution in [0.4, 0.5) is 15.8 Å². The van der Waals surface area contributed by atoms with Crippen molar-refractivity contribution in [3.8, 4) is 0 Å². The molecule has 0 saturated heterocycles. The Balaban J connectivity index is 2.08. The van der Waals surface area contributed by atoms with Crippen LogP contribution >= 0.6 is 11.3 Å². The Labute approximate surface area is 91.5 Å². The van der Waals surface area contributed by atoms with Crippen molar-refractivity contribution in [2.24, 2.45) is 0 Å². The molecule has 0 aliphatic heterocycles. The van der Waals surface area contributed by atoms with Crippen molar-refractivity contribution < 1.29 is 4.39 Å². The van der Waals surface area contributed by atoms with E-state index in [1.807, 2.05) is 16.8 Å². The Morgan fingerprint density at radius 1 is 1.33 bits per heavy atom. The van der Waals surface area contributed by atoms with Crippen molar-refractivity contribution in [3.63, 3.8) is 0 Å². The highest BCUT2D eigenvalue weighted by Gasteiger charge is 2.03. The Bertz CT molecular complexity index is 440. The molecule has 0 radical (unpaired) electrons. The van der Waals surface area contributed by atoms with Crippen molar-refractivity contribution in [3.05, 3.63) is 46.4 Å². The van der Waals surface area contributed by atoms with E-state index in [1.54, 1.807) is 23.5 Å². The van der Waals surface area contributed by atoms with Gasteiger partial charge in [0.2, 0.25) is 0 Å². The third kappa shape index (κ3) is 2.27. The first-order valence-electron chi connectivity index (χ1n) is 4.56. The number of halogens is 1. The number of hydrogen-bond acceptors (Lipinski definition) is 3. The number of para-hydroxylation sites is 1. The smallest absolute Gasteiger partial charge is 0.148 e. The van der Waals surface area contributed by atoms with E-state index in [2.05, 4.69) is 5.32 Å². The van der Waals surface area contributed by atoms with Crippen LogP contribution in [0.2, 0.25) is 0 Å². The average molecular weight is 222 g/mol. The standard InChI is InChI=1S/C11H11FN2S/c12-9-2-1-3-10(11(9)13)14-6-8-4-5-15-7-8/h1-5,7,14H,6,13H2. The maximum absolute atomic E-state index is 13.1. The summed E-state index contributed by atoms with van der Waals surface area (Å²) in [4.78, 5) is 0. The molecule has 1 heterocycles. The summed E-state index contributed by atoms with van der Waals surface area (Å²) < 4.78 is 13.1. The molecule has 4 heteroatoms. The molecule has 1 aromatic heterocycles. The largest absolute Gasteiger partial charge is 0.395 e. The van der Waals surface area contributed by atoms with Gasteiger partial charge in [0.25, 0.3) is 0 Å². The zero-order valence-electron chi connectivity index (χ0n) is 8.03. The van der Waals surface area contributed by atoms with Gasteiger partial charge in [0.05, 0.1) is 11.4 Å². The van der Waals surface area contributed by atoms with Gasteiger partial charge in [0, 0.05) is 6.54 Å². The van der Waals surface area contributed by atoms with Crippen molar-refractivity contribution in [1.29, 1.82) is 0 Å². The second-order valence-corrected chi connectivity index (χ2v) is 3.97. The van der Waals surface area contributed by atoms with Gasteiger partial charge in [-0.1, -0.05) is 6.07 Å². The van der Waals surface area contributed by atoms with Crippen LogP contribution in [0.25, 0.3) is 0 Å². The first-order chi connectivity index (χ1) is 7.27. The quantitative estimate of drug-likeness (QED) is 0.783. The Hall–Kier alpha value is -1.55. The van der Waals surface area contributed by atoms with Gasteiger partial charge in [-0.15, -0.1) is 0 Å². The van der Waals surface area contributed by atoms with Crippen molar-refractivity contribution >= 4 is 22.7 Å². The molecule has 0 aliphatic rings. The molecule has 15 heavy (non-hydrogen) atoms. The third-order valence-corrected chi connectivity index (χ3v) is 2.85. The fraction of sp³-hybridized carbons (Fsp3) is 0.0909. The van der Waals surface area contributed by atoms with E-state index in [-0.39, 0.29) is 11.5 Å². The lowest BCUT2D eigenvalue weighted by Crippen LogP contribution is -2.02. The van der Waals surface area contributed by atoms with E-state index < -0.39 is 0 Å². The summed E-state index contributed by atoms with van der Waals surface area (Å²) in [7, 11) is 0. The molecule has 0 saturated carbocycles. The molecular weight excluding hydrogens is 211 g/mol. The summed E-state index contributed by atoms with van der Waals surface area (Å²) in [5, 5.41) is 7.15. The minimum absolute atomic E-state index is 0.174. The molecule has 2 rings (SSSR count). The molecule has 0 fully saturated rings. The number of anilines is 2. The molecule has 0 aliphatic carbocycles. The fourth-order valence-electron chi connectivity index (χ4n) is 1.28. The summed E-state index contributed by atoms with van der Waals surface area (Å²) in [5.74, 6) is -0.384. The Kier molecular flexibility index (Phi) is 2.87. The summed E-state index contributed by atoms with van der Waals surface area (Å²) >= 11 is 1.64. The van der Waals surface area contributed by atoms with Gasteiger partial charge in [0.1, 0.15) is 5.82 Å². The maximum atomic E-state index is 13.1. The molecule has 2 nitrogen and oxygen atoms in total. The van der Waals surface area contributed by atoms with Gasteiger partial charge < -0.3 is 11.1 Å². The van der Waals surface area contributed by atoms with E-state index in [0.29, 0.717) is 12.2 Å². The normalized spacial score (nSPS) is 10.2. The molecule has 0 unspecified atom stereocenters.